The minimum absolute atomic E-state index is 0.0185. The summed E-state index contributed by atoms with van der Waals surface area (Å²) in [6.07, 6.45) is 0. The van der Waals surface area contributed by atoms with Crippen LogP contribution in [0.25, 0.3) is 22.4 Å². The van der Waals surface area contributed by atoms with Gasteiger partial charge >= 0.3 is 0 Å². The zero-order chi connectivity index (χ0) is 13.9. The molecule has 0 fully saturated rings. The predicted octanol–water partition coefficient (Wildman–Crippen LogP) is 2.91. The number of imidazole rings is 1. The molecular formula is C16H16N2O2. The molecule has 4 nitrogen and oxygen atoms in total. The minimum Gasteiger partial charge on any atom is -0.491 e. The molecule has 0 unspecified atom stereocenters. The molecule has 0 radical (unpaired) electrons. The van der Waals surface area contributed by atoms with E-state index < -0.39 is 0 Å². The van der Waals surface area contributed by atoms with Crippen molar-refractivity contribution in [1.29, 1.82) is 0 Å². The lowest BCUT2D eigenvalue weighted by atomic mass is 10.2. The van der Waals surface area contributed by atoms with E-state index in [-0.39, 0.29) is 6.61 Å². The molecule has 2 aromatic carbocycles. The fourth-order valence-corrected chi connectivity index (χ4v) is 2.13. The number of fused-ring (bicyclic) bond motifs is 1. The van der Waals surface area contributed by atoms with Gasteiger partial charge in [0.05, 0.1) is 17.6 Å². The van der Waals surface area contributed by atoms with E-state index >= 15 is 0 Å². The number of hydrogen-bond acceptors (Lipinski definition) is 3. The molecular weight excluding hydrogens is 252 g/mol. The first-order valence-electron chi connectivity index (χ1n) is 6.57. The highest BCUT2D eigenvalue weighted by Gasteiger charge is 2.05. The van der Waals surface area contributed by atoms with Crippen molar-refractivity contribution in [2.45, 2.75) is 6.92 Å². The topological polar surface area (TPSA) is 58.1 Å². The molecule has 0 aliphatic heterocycles. The lowest BCUT2D eigenvalue weighted by molar-refractivity contribution is 0.201. The monoisotopic (exact) mass is 268 g/mol. The minimum atomic E-state index is 0.0185. The van der Waals surface area contributed by atoms with Crippen LogP contribution in [-0.2, 0) is 0 Å². The number of aromatic nitrogens is 2. The van der Waals surface area contributed by atoms with Crippen molar-refractivity contribution < 1.29 is 9.84 Å². The summed E-state index contributed by atoms with van der Waals surface area (Å²) < 4.78 is 5.34. The Kier molecular flexibility index (Phi) is 3.39. The number of aryl methyl sites for hydroxylation is 1. The van der Waals surface area contributed by atoms with Crippen LogP contribution < -0.4 is 4.74 Å². The molecule has 0 saturated heterocycles. The number of aliphatic hydroxyl groups excluding tert-OH is 1. The molecule has 3 aromatic rings. The van der Waals surface area contributed by atoms with Crippen LogP contribution in [0, 0.1) is 6.92 Å². The van der Waals surface area contributed by atoms with Crippen LogP contribution in [0.1, 0.15) is 5.56 Å². The summed E-state index contributed by atoms with van der Waals surface area (Å²) in [4.78, 5) is 7.90. The number of aliphatic hydroxyl groups is 1. The van der Waals surface area contributed by atoms with Crippen LogP contribution in [0.4, 0.5) is 0 Å². The smallest absolute Gasteiger partial charge is 0.138 e. The first-order valence-corrected chi connectivity index (χ1v) is 6.57. The van der Waals surface area contributed by atoms with Crippen molar-refractivity contribution >= 4 is 11.0 Å². The number of ether oxygens (including phenoxy) is 1. The van der Waals surface area contributed by atoms with E-state index in [1.807, 2.05) is 30.3 Å². The Hall–Kier alpha value is -2.33. The Balaban J connectivity index is 1.90. The summed E-state index contributed by atoms with van der Waals surface area (Å²) in [6.45, 7) is 2.39. The highest BCUT2D eigenvalue weighted by atomic mass is 16.5. The highest BCUT2D eigenvalue weighted by Crippen LogP contribution is 2.23. The van der Waals surface area contributed by atoms with Gasteiger partial charge in [-0.3, -0.25) is 0 Å². The van der Waals surface area contributed by atoms with Crippen molar-refractivity contribution in [2.75, 3.05) is 13.2 Å². The third kappa shape index (κ3) is 2.51. The van der Waals surface area contributed by atoms with Crippen LogP contribution in [0.3, 0.4) is 0 Å². The molecule has 0 amide bonds. The molecule has 0 saturated carbocycles. The second kappa shape index (κ2) is 5.35. The zero-order valence-electron chi connectivity index (χ0n) is 11.3. The van der Waals surface area contributed by atoms with Gasteiger partial charge in [0.1, 0.15) is 18.2 Å². The lowest BCUT2D eigenvalue weighted by Gasteiger charge is -2.04. The first kappa shape index (κ1) is 12.7. The Morgan fingerprint density at radius 1 is 1.15 bits per heavy atom. The van der Waals surface area contributed by atoms with Gasteiger partial charge in [0.15, 0.2) is 0 Å². The van der Waals surface area contributed by atoms with E-state index in [9.17, 15) is 0 Å². The zero-order valence-corrected chi connectivity index (χ0v) is 11.3. The van der Waals surface area contributed by atoms with Crippen molar-refractivity contribution in [1.82, 2.24) is 9.97 Å². The van der Waals surface area contributed by atoms with E-state index in [0.29, 0.717) is 6.61 Å². The molecule has 20 heavy (non-hydrogen) atoms. The van der Waals surface area contributed by atoms with E-state index in [2.05, 4.69) is 29.0 Å². The standard InChI is InChI=1S/C16H16N2O2/c1-11-2-7-14-15(10-11)18-16(17-14)12-3-5-13(6-4-12)20-9-8-19/h2-7,10,19H,8-9H2,1H3,(H,17,18). The van der Waals surface area contributed by atoms with Gasteiger partial charge in [-0.05, 0) is 48.9 Å². The predicted molar refractivity (Wildman–Crippen MR) is 78.8 cm³/mol. The Morgan fingerprint density at radius 3 is 2.70 bits per heavy atom. The third-order valence-corrected chi connectivity index (χ3v) is 3.13. The number of H-pyrrole nitrogens is 1. The highest BCUT2D eigenvalue weighted by molar-refractivity contribution is 5.80. The maximum atomic E-state index is 8.72. The second-order valence-corrected chi connectivity index (χ2v) is 4.70. The summed E-state index contributed by atoms with van der Waals surface area (Å²) in [5.74, 6) is 1.59. The van der Waals surface area contributed by atoms with Gasteiger partial charge in [0, 0.05) is 5.56 Å². The van der Waals surface area contributed by atoms with Gasteiger partial charge in [-0.1, -0.05) is 6.07 Å². The number of benzene rings is 2. The Bertz CT molecular complexity index is 717. The number of hydrogen-bond donors (Lipinski definition) is 2. The van der Waals surface area contributed by atoms with Crippen LogP contribution >= 0.6 is 0 Å². The van der Waals surface area contributed by atoms with Gasteiger partial charge in [-0.25, -0.2) is 4.98 Å². The summed E-state index contributed by atoms with van der Waals surface area (Å²) in [5, 5.41) is 8.72. The number of aromatic amines is 1. The molecule has 0 bridgehead atoms. The summed E-state index contributed by atoms with van der Waals surface area (Å²) in [7, 11) is 0. The van der Waals surface area contributed by atoms with Gasteiger partial charge in [-0.15, -0.1) is 0 Å². The van der Waals surface area contributed by atoms with Gasteiger partial charge in [0.25, 0.3) is 0 Å². The maximum Gasteiger partial charge on any atom is 0.138 e. The van der Waals surface area contributed by atoms with E-state index in [1.165, 1.54) is 5.56 Å². The van der Waals surface area contributed by atoms with E-state index in [0.717, 1.165) is 28.2 Å². The molecule has 2 N–H and O–H groups in total. The second-order valence-electron chi connectivity index (χ2n) is 4.70. The van der Waals surface area contributed by atoms with Crippen molar-refractivity contribution in [2.24, 2.45) is 0 Å². The lowest BCUT2D eigenvalue weighted by Crippen LogP contribution is -2.01. The number of nitrogens with one attached hydrogen (secondary N) is 1. The molecule has 0 aliphatic carbocycles. The summed E-state index contributed by atoms with van der Waals surface area (Å²) >= 11 is 0. The van der Waals surface area contributed by atoms with Gasteiger partial charge in [-0.2, -0.15) is 0 Å². The van der Waals surface area contributed by atoms with E-state index in [4.69, 9.17) is 9.84 Å². The SMILES string of the molecule is Cc1ccc2nc(-c3ccc(OCCO)cc3)[nH]c2c1. The summed E-state index contributed by atoms with van der Waals surface area (Å²) in [6, 6.07) is 13.8. The largest absolute Gasteiger partial charge is 0.491 e. The fraction of sp³-hybridized carbons (Fsp3) is 0.188. The maximum absolute atomic E-state index is 8.72. The average Bonchev–Trinajstić information content (AvgIpc) is 2.88. The van der Waals surface area contributed by atoms with Gasteiger partial charge < -0.3 is 14.8 Å². The summed E-state index contributed by atoms with van der Waals surface area (Å²) in [5.41, 5.74) is 4.22. The Morgan fingerprint density at radius 2 is 1.95 bits per heavy atom. The molecule has 0 atom stereocenters. The van der Waals surface area contributed by atoms with Crippen LogP contribution in [-0.4, -0.2) is 28.3 Å². The molecule has 4 heteroatoms. The quantitative estimate of drug-likeness (QED) is 0.765. The van der Waals surface area contributed by atoms with Gasteiger partial charge in [0.2, 0.25) is 0 Å². The third-order valence-electron chi connectivity index (χ3n) is 3.13. The molecule has 0 spiro atoms. The van der Waals surface area contributed by atoms with Crippen molar-refractivity contribution in [3.63, 3.8) is 0 Å². The number of rotatable bonds is 4. The number of nitrogens with zero attached hydrogens (tertiary/aromatic N) is 1. The Labute approximate surface area is 117 Å². The molecule has 102 valence electrons. The van der Waals surface area contributed by atoms with Crippen LogP contribution in [0.2, 0.25) is 0 Å². The van der Waals surface area contributed by atoms with Crippen LogP contribution in [0.5, 0.6) is 5.75 Å². The molecule has 1 aromatic heterocycles. The normalized spacial score (nSPS) is 10.9. The molecule has 3 rings (SSSR count). The van der Waals surface area contributed by atoms with Crippen LogP contribution in [0.15, 0.2) is 42.5 Å². The molecule has 1 heterocycles. The van der Waals surface area contributed by atoms with Crippen molar-refractivity contribution in [3.8, 4) is 17.1 Å². The fourth-order valence-electron chi connectivity index (χ4n) is 2.13. The van der Waals surface area contributed by atoms with E-state index in [1.54, 1.807) is 0 Å². The first-order chi connectivity index (χ1) is 9.76. The average molecular weight is 268 g/mol. The molecule has 0 aliphatic rings. The van der Waals surface area contributed by atoms with Crippen molar-refractivity contribution in [3.05, 3.63) is 48.0 Å².